The number of nitrogens with zero attached hydrogens (tertiary/aromatic N) is 2. The Hall–Kier alpha value is -1.94. The van der Waals surface area contributed by atoms with E-state index in [1.807, 2.05) is 0 Å². The van der Waals surface area contributed by atoms with Gasteiger partial charge in [0.05, 0.1) is 19.1 Å². The average molecular weight is 262 g/mol. The van der Waals surface area contributed by atoms with Gasteiger partial charge in [-0.25, -0.2) is 13.4 Å². The maximum Gasteiger partial charge on any atom is 0.318 e. The highest BCUT2D eigenvalue weighted by Gasteiger charge is 2.28. The molecule has 0 bridgehead atoms. The fraction of sp³-hybridized carbons (Fsp3) is 0.286. The lowest BCUT2D eigenvalue weighted by Crippen LogP contribution is -2.41. The summed E-state index contributed by atoms with van der Waals surface area (Å²) < 4.78 is 24.1. The van der Waals surface area contributed by atoms with Crippen molar-refractivity contribution in [2.24, 2.45) is 5.73 Å². The van der Waals surface area contributed by atoms with Crippen molar-refractivity contribution in [2.45, 2.75) is 5.03 Å². The van der Waals surface area contributed by atoms with E-state index in [2.05, 4.69) is 9.97 Å². The van der Waals surface area contributed by atoms with Gasteiger partial charge in [0.2, 0.25) is 5.91 Å². The molecule has 1 aromatic heterocycles. The van der Waals surface area contributed by atoms with E-state index in [1.54, 1.807) is 0 Å². The number of sulfonamides is 1. The third-order valence-electron chi connectivity index (χ3n) is 1.73. The highest BCUT2D eigenvalue weighted by atomic mass is 32.2. The average Bonchev–Trinajstić information content (AvgIpc) is 2.68. The molecule has 0 radical (unpaired) electrons. The molecule has 0 spiro atoms. The number of primary amides is 1. The Kier molecular flexibility index (Phi) is 3.81. The first-order valence-corrected chi connectivity index (χ1v) is 5.76. The molecule has 1 aromatic rings. The summed E-state index contributed by atoms with van der Waals surface area (Å²) in [5.41, 5.74) is 4.86. The van der Waals surface area contributed by atoms with E-state index < -0.39 is 35.0 Å². The highest BCUT2D eigenvalue weighted by Crippen LogP contribution is 2.11. The van der Waals surface area contributed by atoms with Crippen LogP contribution in [0.1, 0.15) is 0 Å². The molecule has 0 atom stereocenters. The van der Waals surface area contributed by atoms with Gasteiger partial charge in [0.25, 0.3) is 10.0 Å². The van der Waals surface area contributed by atoms with Gasteiger partial charge in [-0.3, -0.25) is 9.59 Å². The maximum absolute atomic E-state index is 11.8. The monoisotopic (exact) mass is 262 g/mol. The Bertz CT molecular complexity index is 492. The number of aromatic amines is 1. The number of carboxylic acids is 1. The predicted octanol–water partition coefficient (Wildman–Crippen LogP) is -2.03. The van der Waals surface area contributed by atoms with Crippen LogP contribution in [0, 0.1) is 0 Å². The number of nitrogens with two attached hydrogens (primary N) is 1. The largest absolute Gasteiger partial charge is 0.480 e. The Morgan fingerprint density at radius 3 is 2.53 bits per heavy atom. The van der Waals surface area contributed by atoms with E-state index in [1.165, 1.54) is 0 Å². The van der Waals surface area contributed by atoms with Gasteiger partial charge < -0.3 is 15.8 Å². The smallest absolute Gasteiger partial charge is 0.318 e. The standard InChI is InChI=1S/C7H10N4O5S/c8-5(12)2-11(3-7(13)14)17(15,16)6-1-9-4-10-6/h1,4H,2-3H2,(H2,8,12)(H,9,10)(H,13,14). The summed E-state index contributed by atoms with van der Waals surface area (Å²) in [6, 6.07) is 0. The van der Waals surface area contributed by atoms with Crippen LogP contribution in [0.5, 0.6) is 0 Å². The Morgan fingerprint density at radius 1 is 1.47 bits per heavy atom. The van der Waals surface area contributed by atoms with Gasteiger partial charge in [0.15, 0.2) is 5.03 Å². The van der Waals surface area contributed by atoms with Crippen LogP contribution in [0.2, 0.25) is 0 Å². The molecule has 0 aliphatic carbocycles. The van der Waals surface area contributed by atoms with Gasteiger partial charge in [-0.15, -0.1) is 0 Å². The minimum atomic E-state index is -4.11. The minimum absolute atomic E-state index is 0.306. The van der Waals surface area contributed by atoms with Crippen LogP contribution < -0.4 is 5.73 Å². The lowest BCUT2D eigenvalue weighted by Gasteiger charge is -2.17. The second-order valence-corrected chi connectivity index (χ2v) is 4.96. The fourth-order valence-electron chi connectivity index (χ4n) is 1.07. The summed E-state index contributed by atoms with van der Waals surface area (Å²) in [4.78, 5) is 27.1. The lowest BCUT2D eigenvalue weighted by atomic mass is 10.5. The van der Waals surface area contributed by atoms with Crippen molar-refractivity contribution in [1.29, 1.82) is 0 Å². The normalized spacial score (nSPS) is 11.6. The molecule has 17 heavy (non-hydrogen) atoms. The van der Waals surface area contributed by atoms with Gasteiger partial charge in [0.1, 0.15) is 6.54 Å². The molecule has 0 fully saturated rings. The maximum atomic E-state index is 11.8. The number of hydrogen-bond donors (Lipinski definition) is 3. The van der Waals surface area contributed by atoms with Gasteiger partial charge in [0, 0.05) is 0 Å². The number of rotatable bonds is 6. The fourth-order valence-corrected chi connectivity index (χ4v) is 2.33. The summed E-state index contributed by atoms with van der Waals surface area (Å²) in [5.74, 6) is -2.34. The number of amides is 1. The number of carboxylic acid groups (broad SMARTS) is 1. The summed E-state index contributed by atoms with van der Waals surface area (Å²) >= 11 is 0. The third-order valence-corrected chi connectivity index (χ3v) is 3.45. The van der Waals surface area contributed by atoms with Gasteiger partial charge in [-0.1, -0.05) is 0 Å². The molecule has 4 N–H and O–H groups in total. The van der Waals surface area contributed by atoms with E-state index in [9.17, 15) is 18.0 Å². The van der Waals surface area contributed by atoms with E-state index in [0.29, 0.717) is 4.31 Å². The van der Waals surface area contributed by atoms with Crippen molar-refractivity contribution >= 4 is 21.9 Å². The molecule has 0 unspecified atom stereocenters. The number of hydrogen-bond acceptors (Lipinski definition) is 5. The number of H-pyrrole nitrogens is 1. The van der Waals surface area contributed by atoms with Crippen LogP contribution in [0.3, 0.4) is 0 Å². The summed E-state index contributed by atoms with van der Waals surface area (Å²) in [6.07, 6.45) is 2.13. The van der Waals surface area contributed by atoms with Crippen molar-refractivity contribution < 1.29 is 23.1 Å². The molecule has 0 saturated carbocycles. The zero-order valence-electron chi connectivity index (χ0n) is 8.53. The molecule has 1 amide bonds. The zero-order chi connectivity index (χ0) is 13.1. The van der Waals surface area contributed by atoms with Gasteiger partial charge in [-0.2, -0.15) is 4.31 Å². The second kappa shape index (κ2) is 4.93. The molecule has 94 valence electrons. The molecule has 10 heteroatoms. The van der Waals surface area contributed by atoms with E-state index in [-0.39, 0.29) is 5.03 Å². The first kappa shape index (κ1) is 13.1. The van der Waals surface area contributed by atoms with Crippen molar-refractivity contribution in [3.63, 3.8) is 0 Å². The van der Waals surface area contributed by atoms with Gasteiger partial charge >= 0.3 is 5.97 Å². The first-order chi connectivity index (χ1) is 7.84. The molecule has 0 aromatic carbocycles. The topological polar surface area (TPSA) is 146 Å². The molecular weight excluding hydrogens is 252 g/mol. The number of carbonyl (C=O) groups excluding carboxylic acids is 1. The Labute approximate surface area is 96.3 Å². The second-order valence-electron chi connectivity index (χ2n) is 3.05. The number of imidazole rings is 1. The molecule has 1 rings (SSSR count). The van der Waals surface area contributed by atoms with Crippen LogP contribution in [0.25, 0.3) is 0 Å². The molecule has 0 aliphatic heterocycles. The van der Waals surface area contributed by atoms with E-state index in [4.69, 9.17) is 10.8 Å². The van der Waals surface area contributed by atoms with Crippen LogP contribution in [-0.4, -0.2) is 52.8 Å². The molecule has 1 heterocycles. The quantitative estimate of drug-likeness (QED) is 0.538. The summed E-state index contributed by atoms with van der Waals surface area (Å²) in [7, 11) is -4.11. The van der Waals surface area contributed by atoms with Crippen LogP contribution in [0.15, 0.2) is 17.6 Å². The molecular formula is C7H10N4O5S. The minimum Gasteiger partial charge on any atom is -0.480 e. The summed E-state index contributed by atoms with van der Waals surface area (Å²) in [6.45, 7) is -1.57. The molecule has 9 nitrogen and oxygen atoms in total. The SMILES string of the molecule is NC(=O)CN(CC(=O)O)S(=O)(=O)c1cnc[nH]1. The van der Waals surface area contributed by atoms with Gasteiger partial charge in [-0.05, 0) is 0 Å². The van der Waals surface area contributed by atoms with Crippen molar-refractivity contribution in [3.05, 3.63) is 12.5 Å². The van der Waals surface area contributed by atoms with Crippen molar-refractivity contribution in [3.8, 4) is 0 Å². The predicted molar refractivity (Wildman–Crippen MR) is 54.2 cm³/mol. The molecule has 0 saturated heterocycles. The van der Waals surface area contributed by atoms with Crippen LogP contribution in [-0.2, 0) is 19.6 Å². The van der Waals surface area contributed by atoms with Crippen molar-refractivity contribution in [1.82, 2.24) is 14.3 Å². The Morgan fingerprint density at radius 2 is 2.12 bits per heavy atom. The van der Waals surface area contributed by atoms with E-state index >= 15 is 0 Å². The van der Waals surface area contributed by atoms with E-state index in [0.717, 1.165) is 12.5 Å². The number of nitrogens with one attached hydrogen (secondary N) is 1. The van der Waals surface area contributed by atoms with Crippen LogP contribution in [0.4, 0.5) is 0 Å². The summed E-state index contributed by atoms with van der Waals surface area (Å²) in [5, 5.41) is 8.27. The molecule has 0 aliphatic rings. The zero-order valence-corrected chi connectivity index (χ0v) is 9.35. The number of carbonyl (C=O) groups is 2. The van der Waals surface area contributed by atoms with Crippen molar-refractivity contribution in [2.75, 3.05) is 13.1 Å². The number of aliphatic carboxylic acids is 1. The third kappa shape index (κ3) is 3.26. The Balaban J connectivity index is 3.04. The number of aromatic nitrogens is 2. The highest BCUT2D eigenvalue weighted by molar-refractivity contribution is 7.89. The lowest BCUT2D eigenvalue weighted by molar-refractivity contribution is -0.137. The first-order valence-electron chi connectivity index (χ1n) is 4.32. The van der Waals surface area contributed by atoms with Crippen LogP contribution >= 0.6 is 0 Å².